The molecule has 2 heterocycles. The molecule has 6 nitrogen and oxygen atoms in total. The first-order valence-corrected chi connectivity index (χ1v) is 10.8. The zero-order valence-corrected chi connectivity index (χ0v) is 17.8. The van der Waals surface area contributed by atoms with Gasteiger partial charge < -0.3 is 9.64 Å². The normalized spacial score (nSPS) is 20.1. The molecule has 0 unspecified atom stereocenters. The van der Waals surface area contributed by atoms with Crippen LogP contribution in [-0.2, 0) is 9.59 Å². The lowest BCUT2D eigenvalue weighted by atomic mass is 10.1. The smallest absolute Gasteiger partial charge is 0.251 e. The Hall–Kier alpha value is -2.57. The van der Waals surface area contributed by atoms with Crippen LogP contribution in [0.25, 0.3) is 0 Å². The number of anilines is 2. The van der Waals surface area contributed by atoms with Crippen LogP contribution in [0.2, 0.25) is 5.02 Å². The number of hydrogen-bond acceptors (Lipinski definition) is 5. The zero-order valence-electron chi connectivity index (χ0n) is 17.1. The van der Waals surface area contributed by atoms with Crippen LogP contribution in [-0.4, -0.2) is 55.5 Å². The predicted octanol–water partition coefficient (Wildman–Crippen LogP) is 3.58. The second-order valence-corrected chi connectivity index (χ2v) is 8.07. The first-order valence-electron chi connectivity index (χ1n) is 10.4. The monoisotopic (exact) mass is 427 g/mol. The highest BCUT2D eigenvalue weighted by molar-refractivity contribution is 6.30. The van der Waals surface area contributed by atoms with E-state index in [0.29, 0.717) is 12.3 Å². The minimum atomic E-state index is -0.388. The van der Waals surface area contributed by atoms with Crippen molar-refractivity contribution in [3.05, 3.63) is 53.6 Å². The van der Waals surface area contributed by atoms with Crippen LogP contribution >= 0.6 is 11.6 Å². The van der Waals surface area contributed by atoms with Gasteiger partial charge >= 0.3 is 0 Å². The largest absolute Gasteiger partial charge is 0.494 e. The summed E-state index contributed by atoms with van der Waals surface area (Å²) >= 11 is 5.98. The number of nitrogens with zero attached hydrogens (tertiary/aromatic N) is 3. The molecule has 1 atom stereocenters. The standard InChI is InChI=1S/C23H26ClN3O3/c1-2-15-30-20-9-7-19(8-10-20)27-22(28)16-21(23(27)29)26-13-11-25(12-14-26)18-5-3-17(24)4-6-18/h3-10,21H,2,11-16H2,1H3/t21-/m1/s1. The molecule has 4 rings (SSSR count). The fourth-order valence-electron chi connectivity index (χ4n) is 4.03. The molecular weight excluding hydrogens is 402 g/mol. The average Bonchev–Trinajstić information content (AvgIpc) is 3.07. The molecular formula is C23H26ClN3O3. The maximum absolute atomic E-state index is 13.1. The van der Waals surface area contributed by atoms with E-state index in [2.05, 4.69) is 9.80 Å². The second kappa shape index (κ2) is 9.06. The van der Waals surface area contributed by atoms with Crippen molar-refractivity contribution in [1.29, 1.82) is 0 Å². The predicted molar refractivity (Wildman–Crippen MR) is 118 cm³/mol. The Kier molecular flexibility index (Phi) is 6.25. The molecule has 2 amide bonds. The van der Waals surface area contributed by atoms with E-state index >= 15 is 0 Å². The molecule has 0 radical (unpaired) electrons. The van der Waals surface area contributed by atoms with Gasteiger partial charge in [-0.25, -0.2) is 4.90 Å². The molecule has 0 N–H and O–H groups in total. The number of hydrogen-bond donors (Lipinski definition) is 0. The quantitative estimate of drug-likeness (QED) is 0.659. The summed E-state index contributed by atoms with van der Waals surface area (Å²) < 4.78 is 5.59. The summed E-state index contributed by atoms with van der Waals surface area (Å²) in [5.74, 6) is 0.462. The Morgan fingerprint density at radius 2 is 1.57 bits per heavy atom. The topological polar surface area (TPSA) is 53.1 Å². The van der Waals surface area contributed by atoms with E-state index < -0.39 is 0 Å². The fraction of sp³-hybridized carbons (Fsp3) is 0.391. The molecule has 2 aromatic carbocycles. The number of carbonyl (C=O) groups is 2. The van der Waals surface area contributed by atoms with Gasteiger partial charge in [0.1, 0.15) is 5.75 Å². The Labute approximate surface area is 182 Å². The molecule has 2 aliphatic heterocycles. The molecule has 0 aromatic heterocycles. The third-order valence-corrected chi connectivity index (χ3v) is 5.89. The number of halogens is 1. The highest BCUT2D eigenvalue weighted by atomic mass is 35.5. The Morgan fingerprint density at radius 1 is 0.933 bits per heavy atom. The highest BCUT2D eigenvalue weighted by Gasteiger charge is 2.43. The van der Waals surface area contributed by atoms with E-state index in [4.69, 9.17) is 16.3 Å². The van der Waals surface area contributed by atoms with Crippen LogP contribution in [0, 0.1) is 0 Å². The van der Waals surface area contributed by atoms with Gasteiger partial charge in [0.2, 0.25) is 5.91 Å². The lowest BCUT2D eigenvalue weighted by molar-refractivity contribution is -0.123. The number of rotatable bonds is 6. The van der Waals surface area contributed by atoms with Crippen LogP contribution in [0.5, 0.6) is 5.75 Å². The number of benzene rings is 2. The van der Waals surface area contributed by atoms with Gasteiger partial charge in [-0.2, -0.15) is 0 Å². The van der Waals surface area contributed by atoms with Gasteiger partial charge in [-0.1, -0.05) is 18.5 Å². The van der Waals surface area contributed by atoms with Gasteiger partial charge in [-0.3, -0.25) is 14.5 Å². The average molecular weight is 428 g/mol. The molecule has 2 aliphatic rings. The van der Waals surface area contributed by atoms with Crippen molar-refractivity contribution in [3.8, 4) is 5.75 Å². The number of imide groups is 1. The molecule has 0 saturated carbocycles. The summed E-state index contributed by atoms with van der Waals surface area (Å²) in [4.78, 5) is 31.4. The Balaban J connectivity index is 1.39. The van der Waals surface area contributed by atoms with Crippen LogP contribution in [0.15, 0.2) is 48.5 Å². The van der Waals surface area contributed by atoms with Gasteiger partial charge in [-0.05, 0) is 55.0 Å². The fourth-order valence-corrected chi connectivity index (χ4v) is 4.15. The molecule has 7 heteroatoms. The number of carbonyl (C=O) groups excluding carboxylic acids is 2. The van der Waals surface area contributed by atoms with Crippen molar-refractivity contribution in [2.24, 2.45) is 0 Å². The van der Waals surface area contributed by atoms with E-state index in [1.165, 1.54) is 4.90 Å². The number of ether oxygens (including phenoxy) is 1. The maximum Gasteiger partial charge on any atom is 0.251 e. The summed E-state index contributed by atoms with van der Waals surface area (Å²) in [6, 6.07) is 14.6. The van der Waals surface area contributed by atoms with Gasteiger partial charge in [0.25, 0.3) is 5.91 Å². The van der Waals surface area contributed by atoms with E-state index in [1.807, 2.05) is 43.3 Å². The summed E-state index contributed by atoms with van der Waals surface area (Å²) in [7, 11) is 0. The van der Waals surface area contributed by atoms with Crippen LogP contribution in [0.4, 0.5) is 11.4 Å². The van der Waals surface area contributed by atoms with Crippen LogP contribution in [0.1, 0.15) is 19.8 Å². The van der Waals surface area contributed by atoms with Gasteiger partial charge in [-0.15, -0.1) is 0 Å². The number of piperazine rings is 1. The van der Waals surface area contributed by atoms with Gasteiger partial charge in [0, 0.05) is 36.9 Å². The highest BCUT2D eigenvalue weighted by Crippen LogP contribution is 2.28. The third kappa shape index (κ3) is 4.30. The maximum atomic E-state index is 13.1. The number of amides is 2. The van der Waals surface area contributed by atoms with Gasteiger partial charge in [0.15, 0.2) is 0 Å². The SMILES string of the molecule is CCCOc1ccc(N2C(=O)C[C@@H](N3CCN(c4ccc(Cl)cc4)CC3)C2=O)cc1. The molecule has 158 valence electrons. The van der Waals surface area contributed by atoms with Crippen molar-refractivity contribution in [2.75, 3.05) is 42.6 Å². The second-order valence-electron chi connectivity index (χ2n) is 7.63. The van der Waals surface area contributed by atoms with E-state index in [0.717, 1.165) is 49.1 Å². The summed E-state index contributed by atoms with van der Waals surface area (Å²) in [5, 5.41) is 0.720. The lowest BCUT2D eigenvalue weighted by Crippen LogP contribution is -2.52. The molecule has 30 heavy (non-hydrogen) atoms. The van der Waals surface area contributed by atoms with Gasteiger partial charge in [0.05, 0.1) is 24.8 Å². The zero-order chi connectivity index (χ0) is 21.1. The van der Waals surface area contributed by atoms with Crippen molar-refractivity contribution in [1.82, 2.24) is 4.90 Å². The summed E-state index contributed by atoms with van der Waals surface area (Å²) in [5.41, 5.74) is 1.73. The first-order chi connectivity index (χ1) is 14.6. The minimum Gasteiger partial charge on any atom is -0.494 e. The van der Waals surface area contributed by atoms with E-state index in [-0.39, 0.29) is 24.3 Å². The van der Waals surface area contributed by atoms with Crippen molar-refractivity contribution >= 4 is 34.8 Å². The Bertz CT molecular complexity index is 893. The Morgan fingerprint density at radius 3 is 2.20 bits per heavy atom. The molecule has 0 aliphatic carbocycles. The molecule has 0 spiro atoms. The molecule has 0 bridgehead atoms. The lowest BCUT2D eigenvalue weighted by Gasteiger charge is -2.38. The third-order valence-electron chi connectivity index (χ3n) is 5.64. The van der Waals surface area contributed by atoms with Crippen molar-refractivity contribution in [3.63, 3.8) is 0 Å². The molecule has 2 aromatic rings. The van der Waals surface area contributed by atoms with E-state index in [1.54, 1.807) is 12.1 Å². The summed E-state index contributed by atoms with van der Waals surface area (Å²) in [6.07, 6.45) is 1.16. The van der Waals surface area contributed by atoms with Crippen LogP contribution < -0.4 is 14.5 Å². The molecule has 2 fully saturated rings. The summed E-state index contributed by atoms with van der Waals surface area (Å²) in [6.45, 7) is 5.79. The minimum absolute atomic E-state index is 0.137. The van der Waals surface area contributed by atoms with Crippen molar-refractivity contribution in [2.45, 2.75) is 25.8 Å². The van der Waals surface area contributed by atoms with Crippen molar-refractivity contribution < 1.29 is 14.3 Å². The van der Waals surface area contributed by atoms with Crippen LogP contribution in [0.3, 0.4) is 0 Å². The van der Waals surface area contributed by atoms with E-state index in [9.17, 15) is 9.59 Å². The first kappa shape index (κ1) is 20.7. The molecule has 2 saturated heterocycles.